The third kappa shape index (κ3) is 6.75. The lowest BCUT2D eigenvalue weighted by Crippen LogP contribution is -2.46. The molecule has 5 rings (SSSR count). The van der Waals surface area contributed by atoms with E-state index in [0.29, 0.717) is 18.0 Å². The number of hydrogen-bond acceptors (Lipinski definition) is 9. The van der Waals surface area contributed by atoms with Crippen molar-refractivity contribution in [1.82, 2.24) is 24.9 Å². The fourth-order valence-corrected chi connectivity index (χ4v) is 5.23. The molecule has 3 heterocycles. The normalized spacial score (nSPS) is 17.4. The van der Waals surface area contributed by atoms with E-state index in [1.807, 2.05) is 50.1 Å². The Morgan fingerprint density at radius 1 is 1.19 bits per heavy atom. The Balaban J connectivity index is 1.39. The summed E-state index contributed by atoms with van der Waals surface area (Å²) in [5.74, 6) is 1.18. The fraction of sp³-hybridized carbons (Fsp3) is 0.387. The van der Waals surface area contributed by atoms with Crippen LogP contribution in [0.2, 0.25) is 0 Å². The number of aromatic nitrogens is 2. The number of carbonyl (C=O) groups is 1. The van der Waals surface area contributed by atoms with Gasteiger partial charge in [0.05, 0.1) is 47.8 Å². The van der Waals surface area contributed by atoms with Crippen LogP contribution in [-0.4, -0.2) is 91.8 Å². The van der Waals surface area contributed by atoms with E-state index in [-0.39, 0.29) is 11.9 Å². The van der Waals surface area contributed by atoms with E-state index in [1.165, 1.54) is 6.08 Å². The summed E-state index contributed by atoms with van der Waals surface area (Å²) in [4.78, 5) is 24.1. The van der Waals surface area contributed by atoms with E-state index in [9.17, 15) is 4.79 Å². The highest BCUT2D eigenvalue weighted by atomic mass is 16.5. The Bertz CT molecular complexity index is 1490. The molecule has 0 bridgehead atoms. The average molecular weight is 572 g/mol. The molecule has 3 N–H and O–H groups in total. The van der Waals surface area contributed by atoms with Crippen LogP contribution in [-0.2, 0) is 11.8 Å². The SMILES string of the molecule is C=CC(=O)Nc1cc(NC2=C[C@H](c3ccc4c(cnn4C)c3)N=CN2)c(OCC)cc1N(C)CCN1CCN(C)CC1. The van der Waals surface area contributed by atoms with Crippen molar-refractivity contribution in [3.8, 4) is 5.75 Å². The van der Waals surface area contributed by atoms with Crippen LogP contribution in [0.1, 0.15) is 18.5 Å². The summed E-state index contributed by atoms with van der Waals surface area (Å²) in [6.45, 7) is 12.1. The minimum absolute atomic E-state index is 0.172. The van der Waals surface area contributed by atoms with Gasteiger partial charge in [0, 0.05) is 64.8 Å². The van der Waals surface area contributed by atoms with Gasteiger partial charge in [-0.1, -0.05) is 12.6 Å². The second kappa shape index (κ2) is 13.1. The lowest BCUT2D eigenvalue weighted by Gasteiger charge is -2.34. The topological polar surface area (TPSA) is 102 Å². The maximum atomic E-state index is 12.4. The number of amides is 1. The number of likely N-dealkylation sites (N-methyl/N-ethyl adjacent to an activating group) is 2. The van der Waals surface area contributed by atoms with Crippen molar-refractivity contribution in [1.29, 1.82) is 0 Å². The molecule has 1 aromatic heterocycles. The van der Waals surface area contributed by atoms with Gasteiger partial charge in [0.2, 0.25) is 5.91 Å². The first kappa shape index (κ1) is 29.2. The lowest BCUT2D eigenvalue weighted by molar-refractivity contribution is -0.111. The third-order valence-corrected chi connectivity index (χ3v) is 7.76. The zero-order valence-electron chi connectivity index (χ0n) is 24.9. The van der Waals surface area contributed by atoms with Crippen LogP contribution in [0.15, 0.2) is 66.1 Å². The van der Waals surface area contributed by atoms with Crippen molar-refractivity contribution in [2.75, 3.05) is 75.5 Å². The van der Waals surface area contributed by atoms with Crippen LogP contribution in [0, 0.1) is 0 Å². The number of anilines is 3. The van der Waals surface area contributed by atoms with Crippen LogP contribution >= 0.6 is 0 Å². The molecule has 0 radical (unpaired) electrons. The number of nitrogens with zero attached hydrogens (tertiary/aromatic N) is 6. The lowest BCUT2D eigenvalue weighted by atomic mass is 10.0. The number of fused-ring (bicyclic) bond motifs is 1. The van der Waals surface area contributed by atoms with Crippen molar-refractivity contribution in [3.63, 3.8) is 0 Å². The van der Waals surface area contributed by atoms with Gasteiger partial charge in [0.25, 0.3) is 0 Å². The van der Waals surface area contributed by atoms with Gasteiger partial charge in [-0.25, -0.2) is 0 Å². The van der Waals surface area contributed by atoms with Gasteiger partial charge < -0.3 is 30.5 Å². The predicted molar refractivity (Wildman–Crippen MR) is 170 cm³/mol. The number of ether oxygens (including phenoxy) is 1. The third-order valence-electron chi connectivity index (χ3n) is 7.76. The number of aryl methyl sites for hydroxylation is 1. The summed E-state index contributed by atoms with van der Waals surface area (Å²) in [6, 6.07) is 9.99. The highest BCUT2D eigenvalue weighted by Gasteiger charge is 2.20. The zero-order valence-corrected chi connectivity index (χ0v) is 24.9. The Morgan fingerprint density at radius 2 is 2.00 bits per heavy atom. The number of nitrogens with one attached hydrogen (secondary N) is 3. The Labute approximate surface area is 247 Å². The molecule has 222 valence electrons. The minimum atomic E-state index is -0.271. The van der Waals surface area contributed by atoms with Crippen molar-refractivity contribution in [3.05, 3.63) is 66.6 Å². The fourth-order valence-electron chi connectivity index (χ4n) is 5.23. The number of hydrogen-bond donors (Lipinski definition) is 3. The minimum Gasteiger partial charge on any atom is -0.492 e. The van der Waals surface area contributed by atoms with E-state index >= 15 is 0 Å². The monoisotopic (exact) mass is 571 g/mol. The van der Waals surface area contributed by atoms with Crippen molar-refractivity contribution < 1.29 is 9.53 Å². The molecule has 0 saturated carbocycles. The molecule has 2 aromatic carbocycles. The van der Waals surface area contributed by atoms with Crippen molar-refractivity contribution in [2.45, 2.75) is 13.0 Å². The molecule has 2 aliphatic rings. The van der Waals surface area contributed by atoms with Crippen molar-refractivity contribution in [2.24, 2.45) is 12.0 Å². The first-order valence-electron chi connectivity index (χ1n) is 14.4. The van der Waals surface area contributed by atoms with Crippen LogP contribution < -0.4 is 25.6 Å². The Kier molecular flexibility index (Phi) is 9.09. The summed E-state index contributed by atoms with van der Waals surface area (Å²) >= 11 is 0. The number of carbonyl (C=O) groups excluding carboxylic acids is 1. The van der Waals surface area contributed by atoms with E-state index in [1.54, 1.807) is 6.34 Å². The summed E-state index contributed by atoms with van der Waals surface area (Å²) < 4.78 is 7.95. The smallest absolute Gasteiger partial charge is 0.247 e. The predicted octanol–water partition coefficient (Wildman–Crippen LogP) is 3.41. The second-order valence-corrected chi connectivity index (χ2v) is 10.7. The van der Waals surface area contributed by atoms with Crippen LogP contribution in [0.4, 0.5) is 17.1 Å². The van der Waals surface area contributed by atoms with Gasteiger partial charge in [-0.2, -0.15) is 5.10 Å². The Morgan fingerprint density at radius 3 is 2.76 bits per heavy atom. The molecule has 2 aliphatic heterocycles. The van der Waals surface area contributed by atoms with E-state index < -0.39 is 0 Å². The molecule has 1 fully saturated rings. The van der Waals surface area contributed by atoms with E-state index in [2.05, 4.69) is 72.6 Å². The van der Waals surface area contributed by atoms with Gasteiger partial charge in [0.15, 0.2) is 0 Å². The van der Waals surface area contributed by atoms with Crippen molar-refractivity contribution >= 4 is 40.2 Å². The zero-order chi connectivity index (χ0) is 29.6. The molecule has 0 unspecified atom stereocenters. The largest absolute Gasteiger partial charge is 0.492 e. The first-order valence-corrected chi connectivity index (χ1v) is 14.4. The summed E-state index contributed by atoms with van der Waals surface area (Å²) in [7, 11) is 6.14. The average Bonchev–Trinajstić information content (AvgIpc) is 3.37. The number of benzene rings is 2. The van der Waals surface area contributed by atoms with Crippen LogP contribution in [0.3, 0.4) is 0 Å². The van der Waals surface area contributed by atoms with E-state index in [0.717, 1.165) is 72.9 Å². The summed E-state index contributed by atoms with van der Waals surface area (Å²) in [5, 5.41) is 15.1. The summed E-state index contributed by atoms with van der Waals surface area (Å²) in [6.07, 6.45) is 6.87. The number of piperazine rings is 1. The van der Waals surface area contributed by atoms with Crippen LogP contribution in [0.25, 0.3) is 10.9 Å². The Hall–Kier alpha value is -4.35. The maximum Gasteiger partial charge on any atom is 0.247 e. The number of aliphatic imine (C=N–C) groups is 1. The highest BCUT2D eigenvalue weighted by Crippen LogP contribution is 2.38. The summed E-state index contributed by atoms with van der Waals surface area (Å²) in [5.41, 5.74) is 4.42. The molecule has 0 aliphatic carbocycles. The molecule has 11 nitrogen and oxygen atoms in total. The van der Waals surface area contributed by atoms with Gasteiger partial charge in [-0.3, -0.25) is 19.4 Å². The van der Waals surface area contributed by atoms with Gasteiger partial charge in [-0.05, 0) is 49.9 Å². The molecule has 42 heavy (non-hydrogen) atoms. The molecule has 1 atom stereocenters. The van der Waals surface area contributed by atoms with Gasteiger partial charge in [0.1, 0.15) is 11.6 Å². The molecule has 3 aromatic rings. The number of rotatable bonds is 11. The van der Waals surface area contributed by atoms with E-state index in [4.69, 9.17) is 4.74 Å². The molecule has 11 heteroatoms. The quantitative estimate of drug-likeness (QED) is 0.301. The van der Waals surface area contributed by atoms with Gasteiger partial charge >= 0.3 is 0 Å². The molecule has 0 spiro atoms. The standard InChI is InChI=1S/C31H41N9O2/c1-6-31(41)36-25-17-26(29(42-7-2)19-28(25)38(4)12-15-40-13-10-37(3)11-14-40)35-30-18-24(32-21-33-30)22-8-9-27-23(16-22)20-34-39(27)5/h6,8-9,16-21,24,35H,1,7,10-15H2,2-5H3,(H,32,33)(H,36,41)/t24-/m1/s1. The molecule has 1 saturated heterocycles. The van der Waals surface area contributed by atoms with Gasteiger partial charge in [-0.15, -0.1) is 0 Å². The molecule has 1 amide bonds. The highest BCUT2D eigenvalue weighted by molar-refractivity contribution is 6.02. The first-order chi connectivity index (χ1) is 20.3. The molecular formula is C31H41N9O2. The second-order valence-electron chi connectivity index (χ2n) is 10.7. The maximum absolute atomic E-state index is 12.4. The van der Waals surface area contributed by atoms with Crippen LogP contribution in [0.5, 0.6) is 5.75 Å². The molecular weight excluding hydrogens is 530 g/mol.